The quantitative estimate of drug-likeness (QED) is 0.792. The Kier molecular flexibility index (Phi) is 4.48. The molecule has 1 heterocycles. The zero-order chi connectivity index (χ0) is 12.4. The highest BCUT2D eigenvalue weighted by atomic mass is 15.2. The van der Waals surface area contributed by atoms with Crippen LogP contribution in [0.2, 0.25) is 0 Å². The van der Waals surface area contributed by atoms with Crippen LogP contribution in [-0.4, -0.2) is 36.6 Å². The van der Waals surface area contributed by atoms with Crippen molar-refractivity contribution in [3.8, 4) is 0 Å². The van der Waals surface area contributed by atoms with Crippen molar-refractivity contribution in [3.05, 3.63) is 0 Å². The van der Waals surface area contributed by atoms with Crippen molar-refractivity contribution >= 4 is 0 Å². The fourth-order valence-electron chi connectivity index (χ4n) is 3.58. The standard InChI is InChI=1S/C15H30N2/c1-11(2)8-16-9-14-5-6-15(14)17-10-12(3)7-13(17)4/h11-16H,5-10H2,1-4H3. The van der Waals surface area contributed by atoms with Crippen LogP contribution in [0.5, 0.6) is 0 Å². The Bertz CT molecular complexity index is 239. The minimum Gasteiger partial charge on any atom is -0.316 e. The van der Waals surface area contributed by atoms with Gasteiger partial charge in [-0.1, -0.05) is 20.8 Å². The topological polar surface area (TPSA) is 15.3 Å². The molecule has 1 aliphatic heterocycles. The van der Waals surface area contributed by atoms with Gasteiger partial charge in [-0.3, -0.25) is 4.90 Å². The molecular weight excluding hydrogens is 208 g/mol. The summed E-state index contributed by atoms with van der Waals surface area (Å²) in [5.41, 5.74) is 0. The summed E-state index contributed by atoms with van der Waals surface area (Å²) in [6.07, 6.45) is 4.28. The van der Waals surface area contributed by atoms with E-state index in [0.717, 1.165) is 29.8 Å². The smallest absolute Gasteiger partial charge is 0.0139 e. The Labute approximate surface area is 107 Å². The van der Waals surface area contributed by atoms with Crippen LogP contribution in [0.15, 0.2) is 0 Å². The van der Waals surface area contributed by atoms with Crippen molar-refractivity contribution < 1.29 is 0 Å². The van der Waals surface area contributed by atoms with E-state index in [2.05, 4.69) is 37.9 Å². The highest BCUT2D eigenvalue weighted by Gasteiger charge is 2.40. The average molecular weight is 238 g/mol. The van der Waals surface area contributed by atoms with Gasteiger partial charge in [0.15, 0.2) is 0 Å². The molecule has 1 saturated carbocycles. The molecule has 0 bridgehead atoms. The van der Waals surface area contributed by atoms with Crippen molar-refractivity contribution in [1.29, 1.82) is 0 Å². The zero-order valence-electron chi connectivity index (χ0n) is 12.1. The van der Waals surface area contributed by atoms with Gasteiger partial charge in [0.2, 0.25) is 0 Å². The van der Waals surface area contributed by atoms with Gasteiger partial charge in [0.25, 0.3) is 0 Å². The third kappa shape index (κ3) is 3.23. The summed E-state index contributed by atoms with van der Waals surface area (Å²) in [4.78, 5) is 2.79. The number of hydrogen-bond acceptors (Lipinski definition) is 2. The van der Waals surface area contributed by atoms with Crippen LogP contribution in [0.1, 0.15) is 47.0 Å². The van der Waals surface area contributed by atoms with Gasteiger partial charge in [-0.2, -0.15) is 0 Å². The molecule has 17 heavy (non-hydrogen) atoms. The molecule has 2 aliphatic rings. The molecule has 4 atom stereocenters. The summed E-state index contributed by atoms with van der Waals surface area (Å²) in [5, 5.41) is 3.64. The lowest BCUT2D eigenvalue weighted by Gasteiger charge is -2.45. The molecule has 2 heteroatoms. The first-order valence-corrected chi connectivity index (χ1v) is 7.54. The fourth-order valence-corrected chi connectivity index (χ4v) is 3.58. The molecule has 100 valence electrons. The highest BCUT2D eigenvalue weighted by Crippen LogP contribution is 2.37. The Morgan fingerprint density at radius 2 is 2.00 bits per heavy atom. The van der Waals surface area contributed by atoms with Gasteiger partial charge in [0.1, 0.15) is 0 Å². The normalized spacial score (nSPS) is 38.6. The van der Waals surface area contributed by atoms with E-state index in [1.54, 1.807) is 0 Å². The Morgan fingerprint density at radius 1 is 1.24 bits per heavy atom. The molecule has 0 radical (unpaired) electrons. The maximum Gasteiger partial charge on any atom is 0.0139 e. The predicted molar refractivity (Wildman–Crippen MR) is 74.2 cm³/mol. The van der Waals surface area contributed by atoms with Crippen LogP contribution in [-0.2, 0) is 0 Å². The third-order valence-corrected chi connectivity index (χ3v) is 4.59. The van der Waals surface area contributed by atoms with Crippen LogP contribution in [0.3, 0.4) is 0 Å². The lowest BCUT2D eigenvalue weighted by Crippen LogP contribution is -2.51. The van der Waals surface area contributed by atoms with Gasteiger partial charge in [0.05, 0.1) is 0 Å². The molecule has 0 amide bonds. The van der Waals surface area contributed by atoms with Crippen LogP contribution in [0.25, 0.3) is 0 Å². The van der Waals surface area contributed by atoms with E-state index < -0.39 is 0 Å². The minimum atomic E-state index is 0.777. The number of hydrogen-bond donors (Lipinski definition) is 1. The number of nitrogens with one attached hydrogen (secondary N) is 1. The Balaban J connectivity index is 1.74. The molecular formula is C15H30N2. The summed E-state index contributed by atoms with van der Waals surface area (Å²) in [5.74, 6) is 2.61. The van der Waals surface area contributed by atoms with Crippen molar-refractivity contribution in [3.63, 3.8) is 0 Å². The van der Waals surface area contributed by atoms with Crippen molar-refractivity contribution in [2.75, 3.05) is 19.6 Å². The second-order valence-electron chi connectivity index (χ2n) is 6.84. The Morgan fingerprint density at radius 3 is 2.47 bits per heavy atom. The van der Waals surface area contributed by atoms with E-state index in [4.69, 9.17) is 0 Å². The maximum absolute atomic E-state index is 3.64. The van der Waals surface area contributed by atoms with E-state index in [0.29, 0.717) is 0 Å². The molecule has 0 aromatic heterocycles. The molecule has 4 unspecified atom stereocenters. The van der Waals surface area contributed by atoms with E-state index in [9.17, 15) is 0 Å². The van der Waals surface area contributed by atoms with Crippen molar-refractivity contribution in [2.45, 2.75) is 59.0 Å². The zero-order valence-corrected chi connectivity index (χ0v) is 12.1. The van der Waals surface area contributed by atoms with E-state index in [1.165, 1.54) is 38.9 Å². The maximum atomic E-state index is 3.64. The second-order valence-corrected chi connectivity index (χ2v) is 6.84. The van der Waals surface area contributed by atoms with Gasteiger partial charge in [0, 0.05) is 18.6 Å². The highest BCUT2D eigenvalue weighted by molar-refractivity contribution is 4.95. The van der Waals surface area contributed by atoms with Crippen LogP contribution < -0.4 is 5.32 Å². The van der Waals surface area contributed by atoms with Gasteiger partial charge >= 0.3 is 0 Å². The summed E-state index contributed by atoms with van der Waals surface area (Å²) in [6.45, 7) is 13.1. The lowest BCUT2D eigenvalue weighted by atomic mass is 9.78. The third-order valence-electron chi connectivity index (χ3n) is 4.59. The van der Waals surface area contributed by atoms with Crippen LogP contribution >= 0.6 is 0 Å². The molecule has 1 aliphatic carbocycles. The monoisotopic (exact) mass is 238 g/mol. The van der Waals surface area contributed by atoms with E-state index in [-0.39, 0.29) is 0 Å². The molecule has 0 spiro atoms. The SMILES string of the molecule is CC(C)CNCC1CCC1N1CC(C)CC1C. The fraction of sp³-hybridized carbons (Fsp3) is 1.00. The number of likely N-dealkylation sites (tertiary alicyclic amines) is 1. The van der Waals surface area contributed by atoms with E-state index in [1.807, 2.05) is 0 Å². The van der Waals surface area contributed by atoms with Crippen molar-refractivity contribution in [2.24, 2.45) is 17.8 Å². The molecule has 2 rings (SSSR count). The molecule has 2 fully saturated rings. The Hall–Kier alpha value is -0.0800. The molecule has 1 saturated heterocycles. The van der Waals surface area contributed by atoms with E-state index >= 15 is 0 Å². The summed E-state index contributed by atoms with van der Waals surface area (Å²) < 4.78 is 0. The van der Waals surface area contributed by atoms with Crippen LogP contribution in [0, 0.1) is 17.8 Å². The number of nitrogens with zero attached hydrogens (tertiary/aromatic N) is 1. The summed E-state index contributed by atoms with van der Waals surface area (Å²) in [6, 6.07) is 1.71. The van der Waals surface area contributed by atoms with Gasteiger partial charge in [-0.05, 0) is 57.0 Å². The number of rotatable bonds is 5. The van der Waals surface area contributed by atoms with Crippen LogP contribution in [0.4, 0.5) is 0 Å². The molecule has 0 aromatic carbocycles. The first kappa shape index (κ1) is 13.4. The first-order chi connectivity index (χ1) is 8.08. The molecule has 2 nitrogen and oxygen atoms in total. The lowest BCUT2D eigenvalue weighted by molar-refractivity contribution is 0.0548. The van der Waals surface area contributed by atoms with Gasteiger partial charge < -0.3 is 5.32 Å². The summed E-state index contributed by atoms with van der Waals surface area (Å²) >= 11 is 0. The largest absolute Gasteiger partial charge is 0.316 e. The second kappa shape index (κ2) is 5.71. The van der Waals surface area contributed by atoms with Gasteiger partial charge in [-0.25, -0.2) is 0 Å². The summed E-state index contributed by atoms with van der Waals surface area (Å²) in [7, 11) is 0. The average Bonchev–Trinajstić information content (AvgIpc) is 2.51. The minimum absolute atomic E-state index is 0.777. The predicted octanol–water partition coefficient (Wildman–Crippen LogP) is 2.74. The molecule has 1 N–H and O–H groups in total. The van der Waals surface area contributed by atoms with Gasteiger partial charge in [-0.15, -0.1) is 0 Å². The first-order valence-electron chi connectivity index (χ1n) is 7.54. The molecule has 0 aromatic rings. The van der Waals surface area contributed by atoms with Crippen molar-refractivity contribution in [1.82, 2.24) is 10.2 Å².